The lowest BCUT2D eigenvalue weighted by Gasteiger charge is -2.16. The largest absolute Gasteiger partial charge is 0.289 e. The summed E-state index contributed by atoms with van der Waals surface area (Å²) in [6.45, 7) is 0. The summed E-state index contributed by atoms with van der Waals surface area (Å²) in [4.78, 5) is 12.8. The first-order chi connectivity index (χ1) is 8.70. The van der Waals surface area contributed by atoms with Gasteiger partial charge < -0.3 is 0 Å². The minimum atomic E-state index is 0.0984. The Morgan fingerprint density at radius 3 is 1.56 bits per heavy atom. The molecule has 2 aromatic carbocycles. The molecule has 0 fully saturated rings. The van der Waals surface area contributed by atoms with Gasteiger partial charge in [0.15, 0.2) is 5.78 Å². The molecule has 18 heavy (non-hydrogen) atoms. The van der Waals surface area contributed by atoms with Crippen LogP contribution < -0.4 is 0 Å². The van der Waals surface area contributed by atoms with Crippen LogP contribution in [0.3, 0.4) is 0 Å². The van der Waals surface area contributed by atoms with E-state index in [4.69, 9.17) is 0 Å². The van der Waals surface area contributed by atoms with Crippen LogP contribution in [0.2, 0.25) is 0 Å². The summed E-state index contributed by atoms with van der Waals surface area (Å²) in [7, 11) is 0. The number of alkyl halides is 2. The fourth-order valence-corrected chi connectivity index (χ4v) is 3.72. The van der Waals surface area contributed by atoms with E-state index in [9.17, 15) is 4.79 Å². The average Bonchev–Trinajstić information content (AvgIpc) is 2.51. The zero-order valence-corrected chi connectivity index (χ0v) is 12.6. The van der Waals surface area contributed by atoms with Crippen molar-refractivity contribution in [2.45, 2.75) is 9.65 Å². The van der Waals surface area contributed by atoms with Gasteiger partial charge in [-0.2, -0.15) is 0 Å². The molecule has 0 unspecified atom stereocenters. The lowest BCUT2D eigenvalue weighted by Crippen LogP contribution is -2.03. The van der Waals surface area contributed by atoms with Gasteiger partial charge >= 0.3 is 0 Å². The van der Waals surface area contributed by atoms with E-state index in [1.807, 2.05) is 48.5 Å². The predicted octanol–water partition coefficient (Wildman–Crippen LogP) is 4.80. The summed E-state index contributed by atoms with van der Waals surface area (Å²) in [5.41, 5.74) is 3.66. The second-order valence-electron chi connectivity index (χ2n) is 4.31. The van der Waals surface area contributed by atoms with Crippen molar-refractivity contribution in [2.24, 2.45) is 0 Å². The Morgan fingerprint density at radius 1 is 0.722 bits per heavy atom. The monoisotopic (exact) mass is 364 g/mol. The van der Waals surface area contributed by atoms with Gasteiger partial charge in [-0.15, -0.1) is 0 Å². The van der Waals surface area contributed by atoms with Crippen molar-refractivity contribution >= 4 is 37.6 Å². The molecule has 0 radical (unpaired) electrons. The van der Waals surface area contributed by atoms with Gasteiger partial charge in [0.1, 0.15) is 0 Å². The minimum absolute atomic E-state index is 0.0984. The van der Waals surface area contributed by atoms with Crippen LogP contribution in [0.15, 0.2) is 48.5 Å². The maximum absolute atomic E-state index is 12.6. The molecule has 3 rings (SSSR count). The SMILES string of the molecule is O=C1c2ccccc2[C@@H](Br)[C@@H](Br)c2ccccc21. The second-order valence-corrected chi connectivity index (χ2v) is 6.28. The highest BCUT2D eigenvalue weighted by atomic mass is 79.9. The third-order valence-corrected chi connectivity index (χ3v) is 6.02. The van der Waals surface area contributed by atoms with Gasteiger partial charge in [0.25, 0.3) is 0 Å². The van der Waals surface area contributed by atoms with E-state index in [1.165, 1.54) is 0 Å². The van der Waals surface area contributed by atoms with E-state index >= 15 is 0 Å². The van der Waals surface area contributed by atoms with Crippen LogP contribution in [-0.2, 0) is 0 Å². The van der Waals surface area contributed by atoms with E-state index in [0.717, 1.165) is 22.3 Å². The number of rotatable bonds is 0. The van der Waals surface area contributed by atoms with E-state index in [2.05, 4.69) is 31.9 Å². The molecule has 2 aromatic rings. The summed E-state index contributed by atoms with van der Waals surface area (Å²) < 4.78 is 0. The van der Waals surface area contributed by atoms with Gasteiger partial charge in [-0.1, -0.05) is 80.4 Å². The third-order valence-electron chi connectivity index (χ3n) is 3.26. The molecule has 0 aliphatic heterocycles. The van der Waals surface area contributed by atoms with Crippen LogP contribution in [0.5, 0.6) is 0 Å². The first kappa shape index (κ1) is 12.1. The smallest absolute Gasteiger partial charge is 0.193 e. The van der Waals surface area contributed by atoms with Crippen LogP contribution >= 0.6 is 31.9 Å². The fourth-order valence-electron chi connectivity index (χ4n) is 2.35. The van der Waals surface area contributed by atoms with Gasteiger partial charge in [-0.25, -0.2) is 0 Å². The second kappa shape index (κ2) is 4.63. The van der Waals surface area contributed by atoms with E-state index in [-0.39, 0.29) is 15.4 Å². The molecule has 0 saturated carbocycles. The molecule has 1 nitrogen and oxygen atoms in total. The number of carbonyl (C=O) groups excluding carboxylic acids is 1. The number of carbonyl (C=O) groups is 1. The summed E-state index contributed by atoms with van der Waals surface area (Å²) in [5.74, 6) is 0.104. The van der Waals surface area contributed by atoms with Crippen molar-refractivity contribution in [2.75, 3.05) is 0 Å². The number of hydrogen-bond donors (Lipinski definition) is 0. The zero-order valence-electron chi connectivity index (χ0n) is 9.44. The molecule has 2 atom stereocenters. The summed E-state index contributed by atoms with van der Waals surface area (Å²) >= 11 is 7.40. The molecule has 0 saturated heterocycles. The van der Waals surface area contributed by atoms with Crippen LogP contribution in [0.25, 0.3) is 0 Å². The molecule has 1 aliphatic rings. The number of halogens is 2. The quantitative estimate of drug-likeness (QED) is 0.612. The average molecular weight is 366 g/mol. The topological polar surface area (TPSA) is 17.1 Å². The van der Waals surface area contributed by atoms with Gasteiger partial charge in [-0.05, 0) is 11.1 Å². The lowest BCUT2D eigenvalue weighted by atomic mass is 9.99. The highest BCUT2D eigenvalue weighted by molar-refractivity contribution is 9.12. The normalized spacial score (nSPS) is 22.0. The van der Waals surface area contributed by atoms with E-state index < -0.39 is 0 Å². The maximum atomic E-state index is 12.6. The molecule has 0 amide bonds. The Morgan fingerprint density at radius 2 is 1.11 bits per heavy atom. The van der Waals surface area contributed by atoms with Crippen molar-refractivity contribution in [1.82, 2.24) is 0 Å². The highest BCUT2D eigenvalue weighted by Gasteiger charge is 2.31. The van der Waals surface area contributed by atoms with Gasteiger partial charge in [-0.3, -0.25) is 4.79 Å². The Bertz CT molecular complexity index is 568. The van der Waals surface area contributed by atoms with Crippen molar-refractivity contribution in [3.63, 3.8) is 0 Å². The molecule has 0 spiro atoms. The number of ketones is 1. The van der Waals surface area contributed by atoms with Crippen molar-refractivity contribution < 1.29 is 4.79 Å². The molecule has 1 aliphatic carbocycles. The number of fused-ring (bicyclic) bond motifs is 2. The van der Waals surface area contributed by atoms with Crippen LogP contribution in [0.4, 0.5) is 0 Å². The Labute approximate surface area is 122 Å². The van der Waals surface area contributed by atoms with Crippen LogP contribution in [-0.4, -0.2) is 5.78 Å². The summed E-state index contributed by atoms with van der Waals surface area (Å²) in [6, 6.07) is 15.6. The molecule has 90 valence electrons. The summed E-state index contributed by atoms with van der Waals surface area (Å²) in [6.07, 6.45) is 0. The standard InChI is InChI=1S/C15H10Br2O/c16-13-9-5-1-3-7-11(9)15(18)12-8-4-2-6-10(12)14(13)17/h1-8,13-14H/t13-,14+. The lowest BCUT2D eigenvalue weighted by molar-refractivity contribution is 0.103. The first-order valence-corrected chi connectivity index (χ1v) is 7.54. The van der Waals surface area contributed by atoms with Crippen molar-refractivity contribution in [3.8, 4) is 0 Å². The Kier molecular flexibility index (Phi) is 3.12. The maximum Gasteiger partial charge on any atom is 0.193 e. The first-order valence-electron chi connectivity index (χ1n) is 5.71. The Balaban J connectivity index is 2.31. The molecule has 0 bridgehead atoms. The molecular formula is C15H10Br2O. The van der Waals surface area contributed by atoms with Crippen LogP contribution in [0, 0.1) is 0 Å². The van der Waals surface area contributed by atoms with Gasteiger partial charge in [0.05, 0.1) is 9.65 Å². The van der Waals surface area contributed by atoms with Crippen molar-refractivity contribution in [3.05, 3.63) is 70.8 Å². The van der Waals surface area contributed by atoms with Gasteiger partial charge in [0, 0.05) is 11.1 Å². The number of benzene rings is 2. The molecule has 0 heterocycles. The highest BCUT2D eigenvalue weighted by Crippen LogP contribution is 2.47. The third kappa shape index (κ3) is 1.77. The summed E-state index contributed by atoms with van der Waals surface area (Å²) in [5, 5.41) is 0. The Hall–Kier alpha value is -0.930. The molecule has 0 aromatic heterocycles. The van der Waals surface area contributed by atoms with E-state index in [0.29, 0.717) is 0 Å². The van der Waals surface area contributed by atoms with Crippen molar-refractivity contribution in [1.29, 1.82) is 0 Å². The minimum Gasteiger partial charge on any atom is -0.289 e. The van der Waals surface area contributed by atoms with E-state index in [1.54, 1.807) is 0 Å². The number of hydrogen-bond acceptors (Lipinski definition) is 1. The fraction of sp³-hybridized carbons (Fsp3) is 0.133. The predicted molar refractivity (Wildman–Crippen MR) is 79.7 cm³/mol. The van der Waals surface area contributed by atoms with Gasteiger partial charge in [0.2, 0.25) is 0 Å². The van der Waals surface area contributed by atoms with Crippen LogP contribution in [0.1, 0.15) is 36.7 Å². The molecular weight excluding hydrogens is 356 g/mol. The zero-order chi connectivity index (χ0) is 12.7. The molecule has 0 N–H and O–H groups in total. The molecule has 3 heteroatoms.